The minimum Gasteiger partial charge on any atom is -0.350 e. The zero-order chi connectivity index (χ0) is 14.4. The molecule has 0 saturated carbocycles. The lowest BCUT2D eigenvalue weighted by Gasteiger charge is -2.15. The summed E-state index contributed by atoms with van der Waals surface area (Å²) in [6.07, 6.45) is 1.61. The van der Waals surface area contributed by atoms with Gasteiger partial charge in [0.2, 0.25) is 11.8 Å². The zero-order valence-corrected chi connectivity index (χ0v) is 11.8. The Labute approximate surface area is 121 Å². The fourth-order valence-corrected chi connectivity index (χ4v) is 2.39. The van der Waals surface area contributed by atoms with Crippen molar-refractivity contribution in [3.63, 3.8) is 0 Å². The van der Waals surface area contributed by atoms with E-state index in [4.69, 9.17) is 0 Å². The molecular weight excluding hydrogens is 274 g/mol. The summed E-state index contributed by atoms with van der Waals surface area (Å²) in [5.41, 5.74) is 1.00. The van der Waals surface area contributed by atoms with Crippen molar-refractivity contribution in [3.8, 4) is 0 Å². The van der Waals surface area contributed by atoms with Crippen LogP contribution in [-0.4, -0.2) is 16.8 Å². The fraction of sp³-hybridized carbons (Fsp3) is 0.214. The van der Waals surface area contributed by atoms with E-state index in [0.29, 0.717) is 11.6 Å². The Hall–Kier alpha value is -2.21. The molecule has 0 unspecified atom stereocenters. The van der Waals surface area contributed by atoms with Crippen molar-refractivity contribution >= 4 is 23.2 Å². The second-order valence-corrected chi connectivity index (χ2v) is 5.13. The van der Waals surface area contributed by atoms with Crippen molar-refractivity contribution in [2.75, 3.05) is 0 Å². The van der Waals surface area contributed by atoms with Gasteiger partial charge in [-0.3, -0.25) is 9.59 Å². The average Bonchev–Trinajstić information content (AvgIpc) is 2.97. The van der Waals surface area contributed by atoms with Crippen LogP contribution in [0.3, 0.4) is 0 Å². The van der Waals surface area contributed by atoms with Crippen molar-refractivity contribution in [1.29, 1.82) is 0 Å². The van der Waals surface area contributed by atoms with Gasteiger partial charge in [0.15, 0.2) is 6.04 Å². The number of benzene rings is 1. The van der Waals surface area contributed by atoms with Crippen molar-refractivity contribution < 1.29 is 9.59 Å². The Morgan fingerprint density at radius 1 is 1.30 bits per heavy atom. The Morgan fingerprint density at radius 3 is 2.65 bits per heavy atom. The molecule has 0 aliphatic heterocycles. The number of nitrogens with one attached hydrogen (secondary N) is 2. The van der Waals surface area contributed by atoms with Crippen molar-refractivity contribution in [2.45, 2.75) is 19.5 Å². The van der Waals surface area contributed by atoms with Crippen LogP contribution >= 0.6 is 11.3 Å². The van der Waals surface area contributed by atoms with Crippen LogP contribution in [0.4, 0.5) is 0 Å². The van der Waals surface area contributed by atoms with Gasteiger partial charge in [-0.05, 0) is 5.56 Å². The van der Waals surface area contributed by atoms with Gasteiger partial charge < -0.3 is 10.6 Å². The van der Waals surface area contributed by atoms with Crippen LogP contribution < -0.4 is 10.6 Å². The highest BCUT2D eigenvalue weighted by Crippen LogP contribution is 2.16. The summed E-state index contributed by atoms with van der Waals surface area (Å²) < 4.78 is 0. The Kier molecular flexibility index (Phi) is 4.84. The third-order valence-electron chi connectivity index (χ3n) is 2.62. The highest BCUT2D eigenvalue weighted by molar-refractivity contribution is 7.09. The number of rotatable bonds is 5. The first-order valence-electron chi connectivity index (χ1n) is 6.15. The van der Waals surface area contributed by atoms with Gasteiger partial charge in [-0.1, -0.05) is 30.3 Å². The summed E-state index contributed by atoms with van der Waals surface area (Å²) in [7, 11) is 0. The molecule has 2 N–H and O–H groups in total. The van der Waals surface area contributed by atoms with Crippen LogP contribution in [0.25, 0.3) is 0 Å². The van der Waals surface area contributed by atoms with E-state index in [2.05, 4.69) is 15.6 Å². The van der Waals surface area contributed by atoms with Gasteiger partial charge in [0, 0.05) is 25.0 Å². The van der Waals surface area contributed by atoms with E-state index in [9.17, 15) is 9.59 Å². The number of amides is 2. The number of hydrogen-bond acceptors (Lipinski definition) is 4. The van der Waals surface area contributed by atoms with E-state index in [0.717, 1.165) is 5.56 Å². The van der Waals surface area contributed by atoms with E-state index in [1.165, 1.54) is 18.3 Å². The van der Waals surface area contributed by atoms with E-state index < -0.39 is 6.04 Å². The van der Waals surface area contributed by atoms with Gasteiger partial charge in [0.05, 0.1) is 0 Å². The standard InChI is InChI=1S/C14H15N3O2S/c1-10(18)17-12(14-15-7-8-20-14)13(19)16-9-11-5-3-2-4-6-11/h2-8,12H,9H2,1H3,(H,16,19)(H,17,18)/t12-/m0/s1. The molecule has 1 aromatic carbocycles. The van der Waals surface area contributed by atoms with Gasteiger partial charge in [-0.2, -0.15) is 0 Å². The van der Waals surface area contributed by atoms with Crippen LogP contribution in [0.15, 0.2) is 41.9 Å². The maximum atomic E-state index is 12.2. The molecule has 0 fully saturated rings. The molecule has 1 heterocycles. The quantitative estimate of drug-likeness (QED) is 0.879. The first-order valence-corrected chi connectivity index (χ1v) is 7.03. The monoisotopic (exact) mass is 289 g/mol. The molecule has 104 valence electrons. The van der Waals surface area contributed by atoms with Crippen molar-refractivity contribution in [3.05, 3.63) is 52.5 Å². The lowest BCUT2D eigenvalue weighted by molar-refractivity contribution is -0.128. The maximum Gasteiger partial charge on any atom is 0.250 e. The Morgan fingerprint density at radius 2 is 2.05 bits per heavy atom. The molecule has 2 aromatic rings. The largest absolute Gasteiger partial charge is 0.350 e. The molecule has 0 aliphatic rings. The molecule has 0 radical (unpaired) electrons. The summed E-state index contributed by atoms with van der Waals surface area (Å²) in [6, 6.07) is 8.85. The number of hydrogen-bond donors (Lipinski definition) is 2. The summed E-state index contributed by atoms with van der Waals surface area (Å²) in [4.78, 5) is 27.5. The van der Waals surface area contributed by atoms with Crippen molar-refractivity contribution in [2.24, 2.45) is 0 Å². The lowest BCUT2D eigenvalue weighted by atomic mass is 10.2. The van der Waals surface area contributed by atoms with E-state index in [1.54, 1.807) is 11.6 Å². The molecule has 5 nitrogen and oxygen atoms in total. The van der Waals surface area contributed by atoms with E-state index in [-0.39, 0.29) is 11.8 Å². The molecule has 20 heavy (non-hydrogen) atoms. The summed E-state index contributed by atoms with van der Waals surface area (Å²) in [5, 5.41) is 7.77. The smallest absolute Gasteiger partial charge is 0.250 e. The number of aromatic nitrogens is 1. The number of nitrogens with zero attached hydrogens (tertiary/aromatic N) is 1. The lowest BCUT2D eigenvalue weighted by Crippen LogP contribution is -2.39. The third kappa shape index (κ3) is 3.89. The van der Waals surface area contributed by atoms with Crippen molar-refractivity contribution in [1.82, 2.24) is 15.6 Å². The summed E-state index contributed by atoms with van der Waals surface area (Å²) in [6.45, 7) is 1.80. The van der Waals surface area contributed by atoms with Crippen LogP contribution in [0.2, 0.25) is 0 Å². The molecule has 0 aliphatic carbocycles. The molecule has 6 heteroatoms. The first kappa shape index (κ1) is 14.2. The van der Waals surface area contributed by atoms with Crippen LogP contribution in [0.1, 0.15) is 23.5 Å². The number of thiazole rings is 1. The molecule has 1 atom stereocenters. The number of carbonyl (C=O) groups is 2. The zero-order valence-electron chi connectivity index (χ0n) is 11.0. The maximum absolute atomic E-state index is 12.2. The van der Waals surface area contributed by atoms with Crippen LogP contribution in [0, 0.1) is 0 Å². The predicted molar refractivity (Wildman–Crippen MR) is 77.0 cm³/mol. The van der Waals surface area contributed by atoms with E-state index in [1.807, 2.05) is 30.3 Å². The van der Waals surface area contributed by atoms with Crippen LogP contribution in [-0.2, 0) is 16.1 Å². The molecule has 0 spiro atoms. The van der Waals surface area contributed by atoms with Crippen LogP contribution in [0.5, 0.6) is 0 Å². The normalized spacial score (nSPS) is 11.7. The van der Waals surface area contributed by atoms with Gasteiger partial charge in [0.1, 0.15) is 5.01 Å². The second kappa shape index (κ2) is 6.81. The summed E-state index contributed by atoms with van der Waals surface area (Å²) >= 11 is 1.34. The first-order chi connectivity index (χ1) is 9.66. The number of carbonyl (C=O) groups excluding carboxylic acids is 2. The Bertz CT molecular complexity index is 569. The highest BCUT2D eigenvalue weighted by atomic mass is 32.1. The highest BCUT2D eigenvalue weighted by Gasteiger charge is 2.23. The average molecular weight is 289 g/mol. The Balaban J connectivity index is 2.02. The third-order valence-corrected chi connectivity index (χ3v) is 3.46. The van der Waals surface area contributed by atoms with Gasteiger partial charge in [0.25, 0.3) is 0 Å². The fourth-order valence-electron chi connectivity index (χ4n) is 1.71. The molecule has 0 bridgehead atoms. The SMILES string of the molecule is CC(=O)N[C@@H](C(=O)NCc1ccccc1)c1nccs1. The molecular formula is C14H15N3O2S. The minimum atomic E-state index is -0.740. The second-order valence-electron chi connectivity index (χ2n) is 4.21. The predicted octanol–water partition coefficient (Wildman–Crippen LogP) is 1.64. The van der Waals surface area contributed by atoms with Gasteiger partial charge >= 0.3 is 0 Å². The molecule has 1 aromatic heterocycles. The topological polar surface area (TPSA) is 71.1 Å². The van der Waals surface area contributed by atoms with Gasteiger partial charge in [-0.15, -0.1) is 11.3 Å². The molecule has 0 saturated heterocycles. The molecule has 2 rings (SSSR count). The minimum absolute atomic E-state index is 0.264. The summed E-state index contributed by atoms with van der Waals surface area (Å²) in [5.74, 6) is -0.529. The van der Waals surface area contributed by atoms with Gasteiger partial charge in [-0.25, -0.2) is 4.98 Å². The van der Waals surface area contributed by atoms with E-state index >= 15 is 0 Å². The molecule has 2 amide bonds.